The summed E-state index contributed by atoms with van der Waals surface area (Å²) >= 11 is 0. The number of carboxylic acids is 1. The molecule has 6 heteroatoms. The molecule has 1 aromatic heterocycles. The zero-order valence-electron chi connectivity index (χ0n) is 26.1. The van der Waals surface area contributed by atoms with Gasteiger partial charge in [-0.15, -0.1) is 0 Å². The van der Waals surface area contributed by atoms with Crippen molar-refractivity contribution in [3.8, 4) is 0 Å². The van der Waals surface area contributed by atoms with Crippen LogP contribution >= 0.6 is 0 Å². The zero-order chi connectivity index (χ0) is 28.9. The Balaban J connectivity index is 2.08. The molecule has 2 atom stereocenters. The largest absolute Gasteiger partial charge is 0.480 e. The van der Waals surface area contributed by atoms with Crippen molar-refractivity contribution >= 4 is 5.97 Å². The zero-order valence-corrected chi connectivity index (χ0v) is 26.1. The molecule has 232 valence electrons. The maximum absolute atomic E-state index is 11.5. The second-order valence-electron chi connectivity index (χ2n) is 11.5. The van der Waals surface area contributed by atoms with Gasteiger partial charge in [0, 0.05) is 19.0 Å². The number of hydrogen-bond donors (Lipinski definition) is 2. The van der Waals surface area contributed by atoms with Crippen LogP contribution < -0.4 is 5.32 Å². The summed E-state index contributed by atoms with van der Waals surface area (Å²) in [4.78, 5) is 15.6. The lowest BCUT2D eigenvalue weighted by Crippen LogP contribution is -2.39. The normalized spacial score (nSPS) is 12.9. The van der Waals surface area contributed by atoms with Gasteiger partial charge in [-0.2, -0.15) is 0 Å². The molecule has 0 radical (unpaired) electrons. The number of aliphatic carboxylic acids is 1. The summed E-state index contributed by atoms with van der Waals surface area (Å²) in [5.41, 5.74) is 0.943. The fourth-order valence-corrected chi connectivity index (χ4v) is 5.13. The highest BCUT2D eigenvalue weighted by atomic mass is 16.7. The number of aromatic nitrogens is 1. The van der Waals surface area contributed by atoms with Crippen LogP contribution in [0.5, 0.6) is 0 Å². The number of pyridine rings is 1. The van der Waals surface area contributed by atoms with Crippen LogP contribution in [0.2, 0.25) is 0 Å². The Kier molecular flexibility index (Phi) is 25.3. The minimum atomic E-state index is -0.806. The number of carboxylic acid groups (broad SMARTS) is 1. The average molecular weight is 563 g/mol. The van der Waals surface area contributed by atoms with Crippen molar-refractivity contribution in [3.63, 3.8) is 0 Å². The Labute approximate surface area is 246 Å². The third-order valence-corrected chi connectivity index (χ3v) is 7.71. The van der Waals surface area contributed by atoms with Crippen molar-refractivity contribution in [3.05, 3.63) is 30.1 Å². The van der Waals surface area contributed by atoms with Gasteiger partial charge in [-0.05, 0) is 50.3 Å². The number of nitrogens with zero attached hydrogens (tertiary/aromatic N) is 1. The van der Waals surface area contributed by atoms with Crippen molar-refractivity contribution in [1.82, 2.24) is 10.3 Å². The molecule has 0 fully saturated rings. The minimum absolute atomic E-state index is 0.349. The molecule has 1 rings (SSSR count). The maximum atomic E-state index is 11.5. The molecule has 40 heavy (non-hydrogen) atoms. The summed E-state index contributed by atoms with van der Waals surface area (Å²) in [6.07, 6.45) is 29.4. The summed E-state index contributed by atoms with van der Waals surface area (Å²) in [5, 5.41) is 12.7. The van der Waals surface area contributed by atoms with Crippen LogP contribution in [0.1, 0.15) is 148 Å². The van der Waals surface area contributed by atoms with E-state index in [0.717, 1.165) is 50.8 Å². The lowest BCUT2D eigenvalue weighted by molar-refractivity contribution is -0.139. The van der Waals surface area contributed by atoms with Crippen LogP contribution in [0.15, 0.2) is 24.5 Å². The number of hydrogen-bond acceptors (Lipinski definition) is 5. The van der Waals surface area contributed by atoms with Crippen LogP contribution in [-0.2, 0) is 20.7 Å². The topological polar surface area (TPSA) is 80.7 Å². The summed E-state index contributed by atoms with van der Waals surface area (Å²) in [6.45, 7) is 6.45. The third kappa shape index (κ3) is 22.2. The van der Waals surface area contributed by atoms with Crippen molar-refractivity contribution in [2.45, 2.75) is 161 Å². The number of unbranched alkanes of at least 4 members (excludes halogenated alkanes) is 15. The smallest absolute Gasteiger partial charge is 0.321 e. The van der Waals surface area contributed by atoms with Gasteiger partial charge in [-0.25, -0.2) is 0 Å². The molecule has 0 aliphatic rings. The summed E-state index contributed by atoms with van der Waals surface area (Å²) < 4.78 is 12.0. The quantitative estimate of drug-likeness (QED) is 0.0720. The van der Waals surface area contributed by atoms with Gasteiger partial charge in [0.2, 0.25) is 0 Å². The minimum Gasteiger partial charge on any atom is -0.480 e. The first-order valence-electron chi connectivity index (χ1n) is 16.7. The van der Waals surface area contributed by atoms with Crippen LogP contribution in [0, 0.1) is 0 Å². The maximum Gasteiger partial charge on any atom is 0.321 e. The number of carbonyl (C=O) groups is 1. The molecular weight excluding hydrogens is 500 g/mol. The standard InChI is InChI=1S/C34H62N2O4/c1-3-5-7-9-11-14-18-24-32(23-17-13-10-8-6-4-2)40-30-39-27-20-16-12-15-19-26-36-33(34(37)38)28-31-22-21-25-35-29-31/h21-22,25,29,32-33,36H,3-20,23-24,26-28,30H2,1-2H3,(H,37,38). The number of ether oxygens (including phenoxy) is 2. The van der Waals surface area contributed by atoms with Gasteiger partial charge >= 0.3 is 5.97 Å². The molecule has 1 heterocycles. The number of nitrogens with one attached hydrogen (secondary N) is 1. The van der Waals surface area contributed by atoms with Crippen molar-refractivity contribution in [2.75, 3.05) is 19.9 Å². The van der Waals surface area contributed by atoms with Crippen molar-refractivity contribution in [1.29, 1.82) is 0 Å². The van der Waals surface area contributed by atoms with Crippen LogP contribution in [0.25, 0.3) is 0 Å². The highest BCUT2D eigenvalue weighted by Gasteiger charge is 2.17. The van der Waals surface area contributed by atoms with Gasteiger partial charge in [-0.3, -0.25) is 9.78 Å². The van der Waals surface area contributed by atoms with E-state index in [1.54, 1.807) is 12.4 Å². The van der Waals surface area contributed by atoms with Crippen LogP contribution in [-0.4, -0.2) is 48.2 Å². The highest BCUT2D eigenvalue weighted by molar-refractivity contribution is 5.73. The van der Waals surface area contributed by atoms with E-state index in [0.29, 0.717) is 19.3 Å². The van der Waals surface area contributed by atoms with E-state index in [1.807, 2.05) is 12.1 Å². The molecule has 6 nitrogen and oxygen atoms in total. The molecule has 0 saturated carbocycles. The lowest BCUT2D eigenvalue weighted by Gasteiger charge is -2.18. The van der Waals surface area contributed by atoms with Crippen molar-refractivity contribution in [2.24, 2.45) is 0 Å². The fourth-order valence-electron chi connectivity index (χ4n) is 5.13. The summed E-state index contributed by atoms with van der Waals surface area (Å²) in [6, 6.07) is 3.20. The fraction of sp³-hybridized carbons (Fsp3) is 0.824. The average Bonchev–Trinajstić information content (AvgIpc) is 2.96. The lowest BCUT2D eigenvalue weighted by atomic mass is 10.0. The van der Waals surface area contributed by atoms with E-state index in [9.17, 15) is 9.90 Å². The molecule has 0 amide bonds. The molecule has 0 aromatic carbocycles. The Bertz CT molecular complexity index is 673. The Morgan fingerprint density at radius 2 is 1.40 bits per heavy atom. The van der Waals surface area contributed by atoms with Gasteiger partial charge in [0.15, 0.2) is 0 Å². The first kappa shape index (κ1) is 36.5. The van der Waals surface area contributed by atoms with E-state index in [1.165, 1.54) is 96.3 Å². The van der Waals surface area contributed by atoms with Gasteiger partial charge < -0.3 is 19.9 Å². The van der Waals surface area contributed by atoms with Gasteiger partial charge in [0.25, 0.3) is 0 Å². The Hall–Kier alpha value is -1.50. The SMILES string of the molecule is CCCCCCCCCC(CCCCCCCC)OCOCCCCCCCNC(Cc1cccnc1)C(=O)O. The van der Waals surface area contributed by atoms with Crippen LogP contribution in [0.4, 0.5) is 0 Å². The summed E-state index contributed by atoms with van der Waals surface area (Å²) in [7, 11) is 0. The Morgan fingerprint density at radius 3 is 1.98 bits per heavy atom. The predicted octanol–water partition coefficient (Wildman–Crippen LogP) is 8.87. The molecule has 0 saturated heterocycles. The van der Waals surface area contributed by atoms with Crippen LogP contribution in [0.3, 0.4) is 0 Å². The van der Waals surface area contributed by atoms with Gasteiger partial charge in [-0.1, -0.05) is 123 Å². The molecule has 0 bridgehead atoms. The van der Waals surface area contributed by atoms with E-state index in [-0.39, 0.29) is 0 Å². The molecule has 2 unspecified atom stereocenters. The van der Waals surface area contributed by atoms with E-state index < -0.39 is 12.0 Å². The third-order valence-electron chi connectivity index (χ3n) is 7.71. The first-order valence-corrected chi connectivity index (χ1v) is 16.7. The Morgan fingerprint density at radius 1 is 0.825 bits per heavy atom. The molecule has 0 spiro atoms. The van der Waals surface area contributed by atoms with E-state index >= 15 is 0 Å². The number of rotatable bonds is 30. The molecule has 2 N–H and O–H groups in total. The summed E-state index contributed by atoms with van der Waals surface area (Å²) in [5.74, 6) is -0.806. The van der Waals surface area contributed by atoms with E-state index in [4.69, 9.17) is 9.47 Å². The van der Waals surface area contributed by atoms with E-state index in [2.05, 4.69) is 24.1 Å². The second kappa shape index (κ2) is 27.7. The van der Waals surface area contributed by atoms with Gasteiger partial charge in [0.05, 0.1) is 6.10 Å². The molecule has 0 aliphatic heterocycles. The molecular formula is C34H62N2O4. The first-order chi connectivity index (χ1) is 19.7. The van der Waals surface area contributed by atoms with Crippen molar-refractivity contribution < 1.29 is 19.4 Å². The molecule has 1 aromatic rings. The second-order valence-corrected chi connectivity index (χ2v) is 11.5. The molecule has 0 aliphatic carbocycles. The monoisotopic (exact) mass is 562 g/mol. The highest BCUT2D eigenvalue weighted by Crippen LogP contribution is 2.17. The predicted molar refractivity (Wildman–Crippen MR) is 167 cm³/mol. The van der Waals surface area contributed by atoms with Gasteiger partial charge in [0.1, 0.15) is 12.8 Å².